The number of hydrogen-bond acceptors (Lipinski definition) is 7. The summed E-state index contributed by atoms with van der Waals surface area (Å²) in [6, 6.07) is 17.8. The molecule has 1 heterocycles. The van der Waals surface area contributed by atoms with E-state index in [2.05, 4.69) is 64.0 Å². The standard InChI is InChI=1S/C32H38FNO4.C4H9O2P/c1-5-36-31(35)14-12-25-11-13-28(19-30(25)33)37-20-24-8-6-9-26(18-24)32-22(2)16-29(17-23(32)3)38-21-27-10-7-15-34(27)4;1-4(2,7)6-3-5/h6,8-9,11,13,16-19,27H,5,7,10,12,14-15,20-21H2,1-4H3;3H,7H2,1-2H3/t27-;/m0./s1. The van der Waals surface area contributed by atoms with Gasteiger partial charge in [-0.2, -0.15) is 0 Å². The highest BCUT2D eigenvalue weighted by Gasteiger charge is 2.21. The molecule has 45 heavy (non-hydrogen) atoms. The minimum Gasteiger partial charge on any atom is -0.492 e. The van der Waals surface area contributed by atoms with Crippen molar-refractivity contribution in [1.82, 2.24) is 4.90 Å². The number of esters is 1. The Hall–Kier alpha value is -3.48. The van der Waals surface area contributed by atoms with Crippen LogP contribution in [0.25, 0.3) is 11.1 Å². The summed E-state index contributed by atoms with van der Waals surface area (Å²) >= 11 is 0. The average molecular weight is 640 g/mol. The lowest BCUT2D eigenvalue weighted by Gasteiger charge is -2.21. The van der Waals surface area contributed by atoms with Crippen LogP contribution in [0.4, 0.5) is 4.39 Å². The van der Waals surface area contributed by atoms with Crippen molar-refractivity contribution in [1.29, 1.82) is 0 Å². The molecular formula is C36H47FNO6P. The van der Waals surface area contributed by atoms with Gasteiger partial charge in [-0.3, -0.25) is 9.59 Å². The van der Waals surface area contributed by atoms with Gasteiger partial charge in [0.15, 0.2) is 0 Å². The fraction of sp³-hybridized carbons (Fsp3) is 0.444. The summed E-state index contributed by atoms with van der Waals surface area (Å²) in [5.74, 6) is 0.663. The Labute approximate surface area is 269 Å². The molecule has 4 rings (SSSR count). The number of carbonyl (C=O) groups excluding carboxylic acids is 2. The normalized spacial score (nSPS) is 14.7. The highest BCUT2D eigenvalue weighted by atomic mass is 31.0. The van der Waals surface area contributed by atoms with Crippen LogP contribution in [-0.2, 0) is 32.1 Å². The van der Waals surface area contributed by atoms with Gasteiger partial charge < -0.3 is 23.8 Å². The second-order valence-electron chi connectivity index (χ2n) is 11.9. The number of likely N-dealkylation sites (N-methyl/N-ethyl adjacent to an activating group) is 1. The molecule has 0 saturated carbocycles. The van der Waals surface area contributed by atoms with E-state index in [1.807, 2.05) is 12.1 Å². The second kappa shape index (κ2) is 17.3. The monoisotopic (exact) mass is 639 g/mol. The first-order valence-corrected chi connectivity index (χ1v) is 16.0. The van der Waals surface area contributed by atoms with Crippen LogP contribution in [0.5, 0.6) is 11.5 Å². The zero-order valence-corrected chi connectivity index (χ0v) is 28.5. The number of nitrogens with zero attached hydrogens (tertiary/aromatic N) is 1. The topological polar surface area (TPSA) is 74.3 Å². The Kier molecular flexibility index (Phi) is 13.8. The third kappa shape index (κ3) is 11.8. The Morgan fingerprint density at radius 2 is 1.80 bits per heavy atom. The number of halogens is 1. The Bertz CT molecular complexity index is 1400. The largest absolute Gasteiger partial charge is 0.492 e. The molecule has 9 heteroatoms. The van der Waals surface area contributed by atoms with Gasteiger partial charge in [0, 0.05) is 18.5 Å². The highest BCUT2D eigenvalue weighted by Crippen LogP contribution is 2.32. The van der Waals surface area contributed by atoms with Gasteiger partial charge in [0.1, 0.15) is 35.9 Å². The number of hydrogen-bond donors (Lipinski definition) is 0. The quantitative estimate of drug-likeness (QED) is 0.109. The average Bonchev–Trinajstić information content (AvgIpc) is 3.38. The van der Waals surface area contributed by atoms with Crippen LogP contribution in [0.3, 0.4) is 0 Å². The molecule has 1 aliphatic heterocycles. The zero-order chi connectivity index (χ0) is 33.0. The summed E-state index contributed by atoms with van der Waals surface area (Å²) in [6.07, 6.45) is 2.88. The Morgan fingerprint density at radius 1 is 1.07 bits per heavy atom. The first-order chi connectivity index (χ1) is 21.4. The van der Waals surface area contributed by atoms with Crippen LogP contribution >= 0.6 is 9.24 Å². The van der Waals surface area contributed by atoms with Crippen molar-refractivity contribution in [2.75, 3.05) is 26.8 Å². The predicted octanol–water partition coefficient (Wildman–Crippen LogP) is 7.43. The van der Waals surface area contributed by atoms with Crippen molar-refractivity contribution in [2.45, 2.75) is 78.3 Å². The number of carbonyl (C=O) groups is 2. The summed E-state index contributed by atoms with van der Waals surface area (Å²) < 4.78 is 36.0. The molecule has 0 bridgehead atoms. The number of likely N-dealkylation sites (tertiary alicyclic amines) is 1. The molecular weight excluding hydrogens is 592 g/mol. The molecule has 1 saturated heterocycles. The Morgan fingerprint density at radius 3 is 2.38 bits per heavy atom. The van der Waals surface area contributed by atoms with Crippen molar-refractivity contribution >= 4 is 21.7 Å². The maximum atomic E-state index is 14.5. The van der Waals surface area contributed by atoms with Crippen molar-refractivity contribution in [3.05, 3.63) is 82.7 Å². The van der Waals surface area contributed by atoms with Crippen molar-refractivity contribution < 1.29 is 32.9 Å². The number of benzene rings is 3. The van der Waals surface area contributed by atoms with Gasteiger partial charge in [-0.1, -0.05) is 33.5 Å². The number of ether oxygens (including phenoxy) is 4. The molecule has 244 valence electrons. The van der Waals surface area contributed by atoms with E-state index < -0.39 is 5.34 Å². The Balaban J connectivity index is 0.000000707. The first-order valence-electron chi connectivity index (χ1n) is 15.4. The molecule has 0 spiro atoms. The molecule has 0 aromatic heterocycles. The van der Waals surface area contributed by atoms with Crippen molar-refractivity contribution in [2.24, 2.45) is 0 Å². The van der Waals surface area contributed by atoms with E-state index in [-0.39, 0.29) is 18.2 Å². The molecule has 0 amide bonds. The minimum absolute atomic E-state index is 0.154. The lowest BCUT2D eigenvalue weighted by atomic mass is 9.94. The lowest BCUT2D eigenvalue weighted by molar-refractivity contribution is -0.143. The van der Waals surface area contributed by atoms with Crippen LogP contribution in [0.2, 0.25) is 0 Å². The fourth-order valence-electron chi connectivity index (χ4n) is 5.24. The van der Waals surface area contributed by atoms with Gasteiger partial charge >= 0.3 is 5.97 Å². The molecule has 3 aromatic rings. The lowest BCUT2D eigenvalue weighted by Crippen LogP contribution is -2.30. The van der Waals surface area contributed by atoms with E-state index >= 15 is 0 Å². The molecule has 3 aromatic carbocycles. The molecule has 1 fully saturated rings. The van der Waals surface area contributed by atoms with Crippen molar-refractivity contribution in [3.63, 3.8) is 0 Å². The van der Waals surface area contributed by atoms with Crippen LogP contribution in [-0.4, -0.2) is 55.5 Å². The SMILES string of the molecule is CC(C)(P)OC=O.CCOC(=O)CCc1ccc(OCc2cccc(-c3c(C)cc(OC[C@@H]4CCCN4C)cc3C)c2)cc1F. The highest BCUT2D eigenvalue weighted by molar-refractivity contribution is 7.18. The predicted molar refractivity (Wildman–Crippen MR) is 179 cm³/mol. The van der Waals surface area contributed by atoms with E-state index in [1.54, 1.807) is 32.9 Å². The minimum atomic E-state index is -0.401. The molecule has 1 aliphatic rings. The van der Waals surface area contributed by atoms with Gasteiger partial charge in [-0.05, 0) is 125 Å². The van der Waals surface area contributed by atoms with E-state index in [9.17, 15) is 14.0 Å². The van der Waals surface area contributed by atoms with E-state index in [0.717, 1.165) is 23.4 Å². The third-order valence-corrected chi connectivity index (χ3v) is 7.66. The van der Waals surface area contributed by atoms with E-state index in [1.165, 1.54) is 35.6 Å². The molecule has 2 atom stereocenters. The van der Waals surface area contributed by atoms with Crippen molar-refractivity contribution in [3.8, 4) is 22.6 Å². The summed E-state index contributed by atoms with van der Waals surface area (Å²) in [7, 11) is 4.55. The van der Waals surface area contributed by atoms with Crippen LogP contribution in [0.1, 0.15) is 62.3 Å². The van der Waals surface area contributed by atoms with Gasteiger partial charge in [0.25, 0.3) is 6.47 Å². The maximum Gasteiger partial charge on any atom is 0.306 e. The zero-order valence-electron chi connectivity index (χ0n) is 27.4. The third-order valence-electron chi connectivity index (χ3n) is 7.52. The second-order valence-corrected chi connectivity index (χ2v) is 13.3. The number of aryl methyl sites for hydroxylation is 3. The summed E-state index contributed by atoms with van der Waals surface area (Å²) in [6.45, 7) is 12.5. The molecule has 1 unspecified atom stereocenters. The van der Waals surface area contributed by atoms with Crippen LogP contribution < -0.4 is 9.47 Å². The maximum absolute atomic E-state index is 14.5. The van der Waals surface area contributed by atoms with Crippen LogP contribution in [0, 0.1) is 19.7 Å². The summed E-state index contributed by atoms with van der Waals surface area (Å²) in [5, 5.41) is -0.401. The van der Waals surface area contributed by atoms with Gasteiger partial charge in [0.2, 0.25) is 0 Å². The number of rotatable bonds is 13. The van der Waals surface area contributed by atoms with Crippen LogP contribution in [0.15, 0.2) is 54.6 Å². The molecule has 0 N–H and O–H groups in total. The molecule has 0 aliphatic carbocycles. The van der Waals surface area contributed by atoms with Gasteiger partial charge in [-0.25, -0.2) is 4.39 Å². The summed E-state index contributed by atoms with van der Waals surface area (Å²) in [4.78, 5) is 23.5. The smallest absolute Gasteiger partial charge is 0.306 e. The first kappa shape index (κ1) is 36.0. The molecule has 0 radical (unpaired) electrons. The van der Waals surface area contributed by atoms with E-state index in [0.29, 0.717) is 50.1 Å². The fourth-order valence-corrected chi connectivity index (χ4v) is 5.30. The van der Waals surface area contributed by atoms with Gasteiger partial charge in [-0.15, -0.1) is 0 Å². The summed E-state index contributed by atoms with van der Waals surface area (Å²) in [5.41, 5.74) is 6.10. The molecule has 7 nitrogen and oxygen atoms in total. The van der Waals surface area contributed by atoms with Gasteiger partial charge in [0.05, 0.1) is 6.61 Å². The van der Waals surface area contributed by atoms with E-state index in [4.69, 9.17) is 14.2 Å².